The molecule has 8 nitrogen and oxygen atoms in total. The second-order valence-corrected chi connectivity index (χ2v) is 6.81. The van der Waals surface area contributed by atoms with Crippen molar-refractivity contribution in [2.24, 2.45) is 0 Å². The maximum atomic E-state index is 5.72. The summed E-state index contributed by atoms with van der Waals surface area (Å²) in [7, 11) is 1.66. The maximum absolute atomic E-state index is 5.72. The highest BCUT2D eigenvalue weighted by atomic mass is 16.5. The SMILES string of the molecule is COc1ccc2nc(NC3=[NH+]C[NH+](C[C@H]4CCCO4)CN3)nc(C)c2c1. The van der Waals surface area contributed by atoms with E-state index in [0.29, 0.717) is 12.1 Å². The summed E-state index contributed by atoms with van der Waals surface area (Å²) in [5.74, 6) is 2.23. The smallest absolute Gasteiger partial charge is 0.359 e. The van der Waals surface area contributed by atoms with E-state index in [0.717, 1.165) is 54.8 Å². The van der Waals surface area contributed by atoms with Gasteiger partial charge in [0.1, 0.15) is 18.4 Å². The van der Waals surface area contributed by atoms with Gasteiger partial charge in [-0.05, 0) is 38.0 Å². The highest BCUT2D eigenvalue weighted by molar-refractivity contribution is 5.89. The van der Waals surface area contributed by atoms with Crippen molar-refractivity contribution in [3.63, 3.8) is 0 Å². The van der Waals surface area contributed by atoms with Crippen LogP contribution in [0.4, 0.5) is 5.95 Å². The number of nitrogens with zero attached hydrogens (tertiary/aromatic N) is 2. The fourth-order valence-electron chi connectivity index (χ4n) is 3.47. The van der Waals surface area contributed by atoms with E-state index < -0.39 is 0 Å². The lowest BCUT2D eigenvalue weighted by Crippen LogP contribution is -3.24. The third-order valence-corrected chi connectivity index (χ3v) is 4.90. The quantitative estimate of drug-likeness (QED) is 0.526. The minimum absolute atomic E-state index is 0.395. The molecule has 1 aromatic heterocycles. The fourth-order valence-corrected chi connectivity index (χ4v) is 3.47. The summed E-state index contributed by atoms with van der Waals surface area (Å²) in [6.07, 6.45) is 2.75. The Hall–Kier alpha value is -2.45. The molecule has 2 aliphatic rings. The number of hydrogen-bond acceptors (Lipinski definition) is 6. The predicted octanol–water partition coefficient (Wildman–Crippen LogP) is -1.62. The molecule has 3 heterocycles. The molecule has 0 spiro atoms. The Morgan fingerprint density at radius 1 is 1.42 bits per heavy atom. The summed E-state index contributed by atoms with van der Waals surface area (Å²) in [5.41, 5.74) is 1.81. The molecule has 0 radical (unpaired) electrons. The van der Waals surface area contributed by atoms with E-state index in [4.69, 9.17) is 9.47 Å². The maximum Gasteiger partial charge on any atom is 0.359 e. The highest BCUT2D eigenvalue weighted by Crippen LogP contribution is 2.22. The molecule has 1 unspecified atom stereocenters. The molecule has 1 fully saturated rings. The van der Waals surface area contributed by atoms with Gasteiger partial charge in [-0.3, -0.25) is 4.90 Å². The Bertz CT molecular complexity index is 819. The van der Waals surface area contributed by atoms with Crippen LogP contribution in [0.2, 0.25) is 0 Å². The number of methoxy groups -OCH3 is 1. The third-order valence-electron chi connectivity index (χ3n) is 4.90. The predicted molar refractivity (Wildman–Crippen MR) is 98.1 cm³/mol. The first kappa shape index (κ1) is 17.0. The number of aromatic nitrogens is 2. The van der Waals surface area contributed by atoms with Gasteiger partial charge in [0.15, 0.2) is 13.3 Å². The molecular weight excluding hydrogens is 332 g/mol. The standard InChI is InChI=1S/C18H24N6O2/c1-12-15-8-13(25-2)5-6-16(15)22-18(21-12)23-17-19-10-24(11-20-17)9-14-4-3-7-26-14/h5-6,8,14H,3-4,7,9-11H2,1-2H3,(H2,19,20,21,22,23)/p+2/t14-/m1/s1. The summed E-state index contributed by atoms with van der Waals surface area (Å²) in [5, 5.41) is 7.63. The summed E-state index contributed by atoms with van der Waals surface area (Å²) in [4.78, 5) is 14.0. The molecular formula is C18H26N6O2+2. The van der Waals surface area contributed by atoms with Crippen molar-refractivity contribution in [3.05, 3.63) is 23.9 Å². The zero-order valence-electron chi connectivity index (χ0n) is 15.3. The summed E-state index contributed by atoms with van der Waals surface area (Å²) in [6.45, 7) is 5.61. The number of aryl methyl sites for hydroxylation is 1. The molecule has 0 aliphatic carbocycles. The van der Waals surface area contributed by atoms with Crippen molar-refractivity contribution < 1.29 is 19.4 Å². The number of ether oxygens (including phenoxy) is 2. The van der Waals surface area contributed by atoms with E-state index in [1.54, 1.807) is 7.11 Å². The van der Waals surface area contributed by atoms with E-state index in [-0.39, 0.29) is 0 Å². The van der Waals surface area contributed by atoms with Gasteiger partial charge in [-0.25, -0.2) is 20.6 Å². The van der Waals surface area contributed by atoms with Gasteiger partial charge in [-0.2, -0.15) is 4.98 Å². The molecule has 2 aromatic rings. The molecule has 4 N–H and O–H groups in total. The number of hydrogen-bond donors (Lipinski definition) is 4. The molecule has 26 heavy (non-hydrogen) atoms. The van der Waals surface area contributed by atoms with E-state index in [9.17, 15) is 0 Å². The van der Waals surface area contributed by atoms with Gasteiger partial charge in [0.25, 0.3) is 5.95 Å². The van der Waals surface area contributed by atoms with Gasteiger partial charge in [-0.1, -0.05) is 0 Å². The summed E-state index contributed by atoms with van der Waals surface area (Å²) in [6, 6.07) is 5.83. The summed E-state index contributed by atoms with van der Waals surface area (Å²) >= 11 is 0. The number of nitrogens with one attached hydrogen (secondary N) is 4. The lowest BCUT2D eigenvalue weighted by atomic mass is 10.2. The molecule has 0 saturated carbocycles. The van der Waals surface area contributed by atoms with Crippen molar-refractivity contribution in [3.8, 4) is 5.75 Å². The minimum Gasteiger partial charge on any atom is -0.497 e. The van der Waals surface area contributed by atoms with Crippen molar-refractivity contribution in [1.29, 1.82) is 0 Å². The molecule has 2 atom stereocenters. The first-order valence-corrected chi connectivity index (χ1v) is 9.10. The van der Waals surface area contributed by atoms with Crippen molar-refractivity contribution in [2.75, 3.05) is 38.9 Å². The van der Waals surface area contributed by atoms with Crippen LogP contribution in [0, 0.1) is 6.92 Å². The summed E-state index contributed by atoms with van der Waals surface area (Å²) < 4.78 is 11.0. The van der Waals surface area contributed by atoms with Crippen LogP contribution in [0.5, 0.6) is 5.75 Å². The number of anilines is 1. The first-order valence-electron chi connectivity index (χ1n) is 9.10. The number of rotatable bonds is 4. The Morgan fingerprint density at radius 2 is 2.35 bits per heavy atom. The largest absolute Gasteiger partial charge is 0.497 e. The van der Waals surface area contributed by atoms with Crippen molar-refractivity contribution in [2.45, 2.75) is 25.9 Å². The van der Waals surface area contributed by atoms with Gasteiger partial charge < -0.3 is 9.47 Å². The second-order valence-electron chi connectivity index (χ2n) is 6.81. The number of guanidine groups is 1. The molecule has 0 bridgehead atoms. The van der Waals surface area contributed by atoms with Crippen LogP contribution in [-0.2, 0) is 4.74 Å². The van der Waals surface area contributed by atoms with Gasteiger partial charge in [0.2, 0.25) is 0 Å². The number of fused-ring (bicyclic) bond motifs is 1. The molecule has 0 amide bonds. The Labute approximate surface area is 152 Å². The van der Waals surface area contributed by atoms with E-state index >= 15 is 0 Å². The Morgan fingerprint density at radius 3 is 3.08 bits per heavy atom. The zero-order chi connectivity index (χ0) is 17.9. The van der Waals surface area contributed by atoms with Crippen molar-refractivity contribution >= 4 is 22.8 Å². The fraction of sp³-hybridized carbons (Fsp3) is 0.500. The molecule has 4 rings (SSSR count). The number of quaternary nitrogens is 1. The van der Waals surface area contributed by atoms with Crippen LogP contribution in [-0.4, -0.2) is 55.6 Å². The zero-order valence-corrected chi connectivity index (χ0v) is 15.3. The molecule has 138 valence electrons. The average Bonchev–Trinajstić information content (AvgIpc) is 3.16. The van der Waals surface area contributed by atoms with Gasteiger partial charge in [0, 0.05) is 12.0 Å². The van der Waals surface area contributed by atoms with E-state index in [2.05, 4.69) is 25.6 Å². The number of benzene rings is 1. The van der Waals surface area contributed by atoms with Gasteiger partial charge in [-0.15, -0.1) is 0 Å². The van der Waals surface area contributed by atoms with Crippen LogP contribution in [0.15, 0.2) is 18.2 Å². The van der Waals surface area contributed by atoms with Crippen LogP contribution in [0.3, 0.4) is 0 Å². The second kappa shape index (κ2) is 7.43. The van der Waals surface area contributed by atoms with E-state index in [1.807, 2.05) is 25.1 Å². The van der Waals surface area contributed by atoms with E-state index in [1.165, 1.54) is 17.7 Å². The topological polar surface area (TPSA) is 86.7 Å². The first-order chi connectivity index (χ1) is 12.7. The molecule has 2 aliphatic heterocycles. The third kappa shape index (κ3) is 3.71. The Kier molecular flexibility index (Phi) is 4.85. The molecule has 8 heteroatoms. The monoisotopic (exact) mass is 358 g/mol. The van der Waals surface area contributed by atoms with Crippen LogP contribution in [0.1, 0.15) is 18.5 Å². The average molecular weight is 358 g/mol. The van der Waals surface area contributed by atoms with Crippen molar-refractivity contribution in [1.82, 2.24) is 15.3 Å². The molecule has 1 aromatic carbocycles. The van der Waals surface area contributed by atoms with Crippen LogP contribution < -0.4 is 25.3 Å². The normalized spacial score (nSPS) is 22.8. The minimum atomic E-state index is 0.395. The van der Waals surface area contributed by atoms with Crippen LogP contribution in [0.25, 0.3) is 10.9 Å². The van der Waals surface area contributed by atoms with Crippen LogP contribution >= 0.6 is 0 Å². The molecule has 1 saturated heterocycles. The van der Waals surface area contributed by atoms with Gasteiger partial charge in [0.05, 0.1) is 18.3 Å². The Balaban J connectivity index is 1.43. The lowest BCUT2D eigenvalue weighted by Gasteiger charge is -2.22. The highest BCUT2D eigenvalue weighted by Gasteiger charge is 2.26. The lowest BCUT2D eigenvalue weighted by molar-refractivity contribution is -0.982. The van der Waals surface area contributed by atoms with Gasteiger partial charge >= 0.3 is 5.96 Å².